The van der Waals surface area contributed by atoms with Crippen LogP contribution in [0.15, 0.2) is 53.4 Å². The molecule has 1 saturated heterocycles. The highest BCUT2D eigenvalue weighted by Crippen LogP contribution is 2.51. The summed E-state index contributed by atoms with van der Waals surface area (Å²) >= 11 is 0. The first-order valence-corrected chi connectivity index (χ1v) is 12.3. The molecular formula is C24H28N2O5S. The van der Waals surface area contributed by atoms with Gasteiger partial charge in [0.1, 0.15) is 0 Å². The maximum absolute atomic E-state index is 13.2. The average Bonchev–Trinajstić information content (AvgIpc) is 3.33. The summed E-state index contributed by atoms with van der Waals surface area (Å²) in [4.78, 5) is 0.351. The summed E-state index contributed by atoms with van der Waals surface area (Å²) in [6, 6.07) is 11.6. The van der Waals surface area contributed by atoms with Gasteiger partial charge in [0.2, 0.25) is 10.0 Å². The number of allylic oxidation sites excluding steroid dienone is 2. The smallest absolute Gasteiger partial charge is 0.243 e. The first-order valence-electron chi connectivity index (χ1n) is 10.9. The van der Waals surface area contributed by atoms with Crippen molar-refractivity contribution in [3.63, 3.8) is 0 Å². The Bertz CT molecular complexity index is 1140. The van der Waals surface area contributed by atoms with Gasteiger partial charge in [-0.3, -0.25) is 0 Å². The van der Waals surface area contributed by atoms with Crippen LogP contribution in [0.4, 0.5) is 5.69 Å². The third kappa shape index (κ3) is 3.56. The fourth-order valence-electron chi connectivity index (χ4n) is 5.05. The first kappa shape index (κ1) is 21.3. The lowest BCUT2D eigenvalue weighted by atomic mass is 9.77. The van der Waals surface area contributed by atoms with Crippen molar-refractivity contribution < 1.29 is 22.6 Å². The topological polar surface area (TPSA) is 77.1 Å². The van der Waals surface area contributed by atoms with Gasteiger partial charge >= 0.3 is 0 Å². The Morgan fingerprint density at radius 2 is 1.81 bits per heavy atom. The summed E-state index contributed by atoms with van der Waals surface area (Å²) in [5.74, 6) is 1.85. The molecule has 0 radical (unpaired) electrons. The van der Waals surface area contributed by atoms with Gasteiger partial charge in [-0.25, -0.2) is 8.42 Å². The van der Waals surface area contributed by atoms with Crippen LogP contribution in [0.3, 0.4) is 0 Å². The minimum Gasteiger partial charge on any atom is -0.493 e. The number of methoxy groups -OCH3 is 2. The molecule has 2 aromatic rings. The molecule has 32 heavy (non-hydrogen) atoms. The number of sulfonamides is 1. The van der Waals surface area contributed by atoms with Gasteiger partial charge in [0.25, 0.3) is 0 Å². The van der Waals surface area contributed by atoms with Crippen LogP contribution in [-0.2, 0) is 14.8 Å². The minimum absolute atomic E-state index is 0.0870. The predicted molar refractivity (Wildman–Crippen MR) is 122 cm³/mol. The van der Waals surface area contributed by atoms with Crippen LogP contribution in [0.5, 0.6) is 11.5 Å². The van der Waals surface area contributed by atoms with Crippen LogP contribution < -0.4 is 14.8 Å². The van der Waals surface area contributed by atoms with Crippen molar-refractivity contribution in [3.05, 3.63) is 59.7 Å². The van der Waals surface area contributed by atoms with Crippen LogP contribution in [0.25, 0.3) is 0 Å². The van der Waals surface area contributed by atoms with E-state index >= 15 is 0 Å². The SMILES string of the molecule is COc1ccc(C2Nc3ccc(S(=O)(=O)N4CCOCC4)cc3C3C=CCC32)cc1OC. The number of nitrogens with zero attached hydrogens (tertiary/aromatic N) is 1. The normalized spacial score (nSPS) is 25.0. The molecule has 0 saturated carbocycles. The zero-order valence-electron chi connectivity index (χ0n) is 18.3. The highest BCUT2D eigenvalue weighted by molar-refractivity contribution is 7.89. The number of anilines is 1. The third-order valence-corrected chi connectivity index (χ3v) is 8.60. The van der Waals surface area contributed by atoms with E-state index in [1.807, 2.05) is 24.3 Å². The molecule has 2 aliphatic heterocycles. The van der Waals surface area contributed by atoms with Crippen LogP contribution >= 0.6 is 0 Å². The van der Waals surface area contributed by atoms with E-state index in [-0.39, 0.29) is 12.0 Å². The molecule has 1 aliphatic carbocycles. The summed E-state index contributed by atoms with van der Waals surface area (Å²) in [6.07, 6.45) is 5.34. The number of nitrogens with one attached hydrogen (secondary N) is 1. The molecule has 170 valence electrons. The molecule has 2 aromatic carbocycles. The number of hydrogen-bond acceptors (Lipinski definition) is 6. The zero-order valence-corrected chi connectivity index (χ0v) is 19.1. The van der Waals surface area contributed by atoms with Crippen LogP contribution in [-0.4, -0.2) is 53.2 Å². The van der Waals surface area contributed by atoms with E-state index < -0.39 is 10.0 Å². The van der Waals surface area contributed by atoms with Gasteiger partial charge in [-0.15, -0.1) is 0 Å². The van der Waals surface area contributed by atoms with E-state index in [9.17, 15) is 8.42 Å². The molecule has 3 unspecified atom stereocenters. The lowest BCUT2D eigenvalue weighted by molar-refractivity contribution is 0.0730. The minimum atomic E-state index is -3.54. The Kier molecular flexibility index (Phi) is 5.61. The molecule has 0 aromatic heterocycles. The Hall–Kier alpha value is -2.55. The fraction of sp³-hybridized carbons (Fsp3) is 0.417. The van der Waals surface area contributed by atoms with Crippen LogP contribution in [0.2, 0.25) is 0 Å². The lowest BCUT2D eigenvalue weighted by Crippen LogP contribution is -2.40. The number of ether oxygens (including phenoxy) is 3. The Balaban J connectivity index is 1.50. The van der Waals surface area contributed by atoms with Gasteiger partial charge < -0.3 is 19.5 Å². The fourth-order valence-corrected chi connectivity index (χ4v) is 6.49. The second-order valence-corrected chi connectivity index (χ2v) is 10.3. The first-order chi connectivity index (χ1) is 15.5. The molecule has 8 heteroatoms. The van der Waals surface area contributed by atoms with E-state index in [4.69, 9.17) is 14.2 Å². The molecular weight excluding hydrogens is 428 g/mol. The Labute approximate surface area is 189 Å². The van der Waals surface area contributed by atoms with Crippen molar-refractivity contribution in [2.75, 3.05) is 45.8 Å². The van der Waals surface area contributed by atoms with Gasteiger partial charge in [0.15, 0.2) is 11.5 Å². The van der Waals surface area contributed by atoms with Gasteiger partial charge in [-0.05, 0) is 53.8 Å². The molecule has 3 aliphatic rings. The number of benzene rings is 2. The average molecular weight is 457 g/mol. The van der Waals surface area contributed by atoms with Crippen LogP contribution in [0.1, 0.15) is 29.5 Å². The second-order valence-electron chi connectivity index (χ2n) is 8.36. The Morgan fingerprint density at radius 1 is 1.03 bits per heavy atom. The van der Waals surface area contributed by atoms with Crippen molar-refractivity contribution in [1.82, 2.24) is 4.31 Å². The highest BCUT2D eigenvalue weighted by atomic mass is 32.2. The van der Waals surface area contributed by atoms with Gasteiger partial charge in [-0.2, -0.15) is 4.31 Å². The Morgan fingerprint density at radius 3 is 2.56 bits per heavy atom. The van der Waals surface area contributed by atoms with Crippen molar-refractivity contribution in [2.24, 2.45) is 5.92 Å². The summed E-state index contributed by atoms with van der Waals surface area (Å²) in [5, 5.41) is 3.67. The maximum atomic E-state index is 13.2. The van der Waals surface area contributed by atoms with Gasteiger partial charge in [0, 0.05) is 24.7 Å². The molecule has 0 bridgehead atoms. The molecule has 1 N–H and O–H groups in total. The highest BCUT2D eigenvalue weighted by Gasteiger charge is 2.39. The number of rotatable bonds is 5. The number of morpholine rings is 1. The molecule has 5 rings (SSSR count). The summed E-state index contributed by atoms with van der Waals surface area (Å²) < 4.78 is 44.1. The molecule has 0 amide bonds. The molecule has 2 heterocycles. The monoisotopic (exact) mass is 456 g/mol. The maximum Gasteiger partial charge on any atom is 0.243 e. The van der Waals surface area contributed by atoms with Crippen molar-refractivity contribution in [2.45, 2.75) is 23.3 Å². The zero-order chi connectivity index (χ0) is 22.3. The molecule has 7 nitrogen and oxygen atoms in total. The lowest BCUT2D eigenvalue weighted by Gasteiger charge is -2.38. The van der Waals surface area contributed by atoms with E-state index in [0.717, 1.165) is 23.2 Å². The van der Waals surface area contributed by atoms with Crippen molar-refractivity contribution in [3.8, 4) is 11.5 Å². The van der Waals surface area contributed by atoms with Gasteiger partial charge in [-0.1, -0.05) is 18.2 Å². The van der Waals surface area contributed by atoms with Crippen LogP contribution in [0, 0.1) is 5.92 Å². The standard InChI is InChI=1S/C24H28N2O5S/c1-29-22-9-6-16(14-23(22)30-2)24-19-5-3-4-18(19)20-15-17(7-8-21(20)25-24)32(27,28)26-10-12-31-13-11-26/h3-4,6-9,14-15,18-19,24-25H,5,10-13H2,1-2H3. The largest absolute Gasteiger partial charge is 0.493 e. The number of hydrogen-bond donors (Lipinski definition) is 1. The molecule has 3 atom stereocenters. The number of fused-ring (bicyclic) bond motifs is 3. The van der Waals surface area contributed by atoms with E-state index in [2.05, 4.69) is 23.5 Å². The second kappa shape index (κ2) is 8.42. The quantitative estimate of drug-likeness (QED) is 0.694. The van der Waals surface area contributed by atoms with E-state index in [1.54, 1.807) is 20.3 Å². The van der Waals surface area contributed by atoms with Gasteiger partial charge in [0.05, 0.1) is 38.4 Å². The van der Waals surface area contributed by atoms with E-state index in [0.29, 0.717) is 48.6 Å². The molecule has 0 spiro atoms. The summed E-state index contributed by atoms with van der Waals surface area (Å²) in [5.41, 5.74) is 3.13. The van der Waals surface area contributed by atoms with Crippen molar-refractivity contribution in [1.29, 1.82) is 0 Å². The predicted octanol–water partition coefficient (Wildman–Crippen LogP) is 3.55. The third-order valence-electron chi connectivity index (χ3n) is 6.71. The van der Waals surface area contributed by atoms with Crippen molar-refractivity contribution >= 4 is 15.7 Å². The summed E-state index contributed by atoms with van der Waals surface area (Å²) in [7, 11) is -0.264. The summed E-state index contributed by atoms with van der Waals surface area (Å²) in [6.45, 7) is 1.66. The van der Waals surface area contributed by atoms with E-state index in [1.165, 1.54) is 4.31 Å². The molecule has 1 fully saturated rings.